The molecule has 1 aliphatic heterocycles. The van der Waals surface area contributed by atoms with Gasteiger partial charge in [0.25, 0.3) is 0 Å². The molecule has 0 bridgehead atoms. The lowest BCUT2D eigenvalue weighted by Crippen LogP contribution is -2.19. The summed E-state index contributed by atoms with van der Waals surface area (Å²) in [5.74, 6) is 1.52. The Balaban J connectivity index is 1.40. The molecule has 2 aliphatic rings. The summed E-state index contributed by atoms with van der Waals surface area (Å²) in [5.41, 5.74) is 10.6. The highest BCUT2D eigenvalue weighted by Gasteiger charge is 2.25. The van der Waals surface area contributed by atoms with Gasteiger partial charge in [-0.3, -0.25) is 0 Å². The maximum Gasteiger partial charge on any atom is 0.127 e. The third kappa shape index (κ3) is 5.93. The van der Waals surface area contributed by atoms with Crippen LogP contribution in [0.15, 0.2) is 60.8 Å². The van der Waals surface area contributed by atoms with E-state index in [1.54, 1.807) is 0 Å². The average molecular weight is 437 g/mol. The lowest BCUT2D eigenvalue weighted by Gasteiger charge is -2.25. The molecule has 1 saturated carbocycles. The van der Waals surface area contributed by atoms with Crippen molar-refractivity contribution in [3.05, 3.63) is 82.5 Å². The molecule has 1 aliphatic carbocycles. The lowest BCUT2D eigenvalue weighted by molar-refractivity contribution is 0.302. The number of ether oxygens (including phenoxy) is 1. The van der Waals surface area contributed by atoms with Crippen molar-refractivity contribution in [2.24, 2.45) is 5.73 Å². The van der Waals surface area contributed by atoms with Crippen molar-refractivity contribution in [1.82, 2.24) is 4.90 Å². The number of hydrogen-bond donors (Lipinski definition) is 1. The summed E-state index contributed by atoms with van der Waals surface area (Å²) in [5, 5.41) is 0.837. The van der Waals surface area contributed by atoms with Crippen LogP contribution in [-0.2, 0) is 6.54 Å². The van der Waals surface area contributed by atoms with E-state index in [1.807, 2.05) is 12.1 Å². The minimum Gasteiger partial charge on any atom is -0.490 e. The van der Waals surface area contributed by atoms with Gasteiger partial charge in [0, 0.05) is 29.9 Å². The van der Waals surface area contributed by atoms with E-state index in [1.165, 1.54) is 41.5 Å². The number of allylic oxidation sites excluding steroid dienone is 2. The molecule has 0 radical (unpaired) electrons. The first kappa shape index (κ1) is 22.0. The number of benzene rings is 2. The Hall–Kier alpha value is -2.23. The van der Waals surface area contributed by atoms with Gasteiger partial charge in [0.1, 0.15) is 5.75 Å². The van der Waals surface area contributed by atoms with Gasteiger partial charge in [-0.25, -0.2) is 0 Å². The first-order valence-corrected chi connectivity index (χ1v) is 11.9. The molecule has 4 heteroatoms. The number of rotatable bonds is 10. The van der Waals surface area contributed by atoms with Crippen molar-refractivity contribution in [3.63, 3.8) is 0 Å². The molecule has 1 fully saturated rings. The monoisotopic (exact) mass is 436 g/mol. The number of unbranched alkanes of at least 4 members (excludes halogenated alkanes) is 1. The molecule has 3 nitrogen and oxygen atoms in total. The predicted octanol–water partition coefficient (Wildman–Crippen LogP) is 6.53. The lowest BCUT2D eigenvalue weighted by atomic mass is 9.94. The summed E-state index contributed by atoms with van der Waals surface area (Å²) in [4.78, 5) is 2.30. The standard InChI is InChI=1S/C27H33ClN2O/c1-20(6-4-5-15-29)22-9-12-26(28)23(18-22)19-30-16-13-21(14-17-30)25-7-2-3-8-27(25)31-24-10-11-24/h2-3,7-9,12-14,16,18,20,24H,4-6,10-11,15,17,19,29H2,1H3. The maximum absolute atomic E-state index is 6.55. The van der Waals surface area contributed by atoms with Crippen LogP contribution >= 0.6 is 11.6 Å². The number of halogens is 1. The second-order valence-electron chi connectivity index (χ2n) is 8.75. The van der Waals surface area contributed by atoms with Gasteiger partial charge in [-0.1, -0.05) is 61.4 Å². The Labute approximate surface area is 191 Å². The first-order valence-electron chi connectivity index (χ1n) is 11.5. The summed E-state index contributed by atoms with van der Waals surface area (Å²) in [7, 11) is 0. The number of para-hydroxylation sites is 1. The van der Waals surface area contributed by atoms with Gasteiger partial charge < -0.3 is 15.4 Å². The predicted molar refractivity (Wildman–Crippen MR) is 130 cm³/mol. The molecular formula is C27H33ClN2O. The molecule has 0 spiro atoms. The molecule has 164 valence electrons. The van der Waals surface area contributed by atoms with Crippen LogP contribution in [0.3, 0.4) is 0 Å². The fraction of sp³-hybridized carbons (Fsp3) is 0.407. The van der Waals surface area contributed by atoms with Gasteiger partial charge >= 0.3 is 0 Å². The van der Waals surface area contributed by atoms with E-state index in [9.17, 15) is 0 Å². The summed E-state index contributed by atoms with van der Waals surface area (Å²) in [6, 6.07) is 14.8. The molecule has 0 saturated heterocycles. The SMILES string of the molecule is CC(CCCCN)c1ccc(Cl)c(CN2C=CC(c3ccccc3OC3CC3)=CC2)c1. The quantitative estimate of drug-likeness (QED) is 0.430. The number of hydrogen-bond acceptors (Lipinski definition) is 3. The molecule has 1 unspecified atom stereocenters. The van der Waals surface area contributed by atoms with Crippen LogP contribution in [-0.4, -0.2) is 24.1 Å². The Morgan fingerprint density at radius 3 is 2.74 bits per heavy atom. The second kappa shape index (κ2) is 10.4. The van der Waals surface area contributed by atoms with E-state index in [2.05, 4.69) is 60.5 Å². The van der Waals surface area contributed by atoms with Gasteiger partial charge in [-0.15, -0.1) is 0 Å². The highest BCUT2D eigenvalue weighted by molar-refractivity contribution is 6.31. The van der Waals surface area contributed by atoms with Gasteiger partial charge in [0.05, 0.1) is 6.10 Å². The van der Waals surface area contributed by atoms with E-state index in [0.29, 0.717) is 12.0 Å². The van der Waals surface area contributed by atoms with Crippen molar-refractivity contribution in [2.75, 3.05) is 13.1 Å². The molecule has 0 aromatic heterocycles. The molecule has 2 N–H and O–H groups in total. The molecule has 1 atom stereocenters. The van der Waals surface area contributed by atoms with Crippen molar-refractivity contribution in [3.8, 4) is 5.75 Å². The van der Waals surface area contributed by atoms with Crippen LogP contribution in [0.2, 0.25) is 5.02 Å². The van der Waals surface area contributed by atoms with Gasteiger partial charge in [-0.05, 0) is 73.1 Å². The van der Waals surface area contributed by atoms with Crippen molar-refractivity contribution in [2.45, 2.75) is 57.6 Å². The third-order valence-corrected chi connectivity index (χ3v) is 6.50. The normalized spacial score (nSPS) is 16.9. The molecule has 31 heavy (non-hydrogen) atoms. The van der Waals surface area contributed by atoms with Crippen molar-refractivity contribution in [1.29, 1.82) is 0 Å². The highest BCUT2D eigenvalue weighted by Crippen LogP contribution is 2.34. The molecule has 0 amide bonds. The minimum atomic E-state index is 0.401. The van der Waals surface area contributed by atoms with Crippen LogP contribution < -0.4 is 10.5 Å². The van der Waals surface area contributed by atoms with E-state index in [-0.39, 0.29) is 0 Å². The molecule has 4 rings (SSSR count). The van der Waals surface area contributed by atoms with Gasteiger partial charge in [-0.2, -0.15) is 0 Å². The third-order valence-electron chi connectivity index (χ3n) is 6.13. The van der Waals surface area contributed by atoms with Crippen LogP contribution in [0.5, 0.6) is 5.75 Å². The van der Waals surface area contributed by atoms with E-state index in [4.69, 9.17) is 22.1 Å². The molecule has 2 aromatic rings. The summed E-state index contributed by atoms with van der Waals surface area (Å²) in [6.07, 6.45) is 12.8. The Morgan fingerprint density at radius 1 is 1.16 bits per heavy atom. The second-order valence-corrected chi connectivity index (χ2v) is 9.16. The number of nitrogens with two attached hydrogens (primary N) is 1. The molecule has 2 aromatic carbocycles. The van der Waals surface area contributed by atoms with E-state index >= 15 is 0 Å². The zero-order valence-corrected chi connectivity index (χ0v) is 19.2. The first-order chi connectivity index (χ1) is 15.1. The average Bonchev–Trinajstić information content (AvgIpc) is 3.60. The van der Waals surface area contributed by atoms with Crippen LogP contribution in [0.25, 0.3) is 5.57 Å². The van der Waals surface area contributed by atoms with Crippen LogP contribution in [0.4, 0.5) is 0 Å². The maximum atomic E-state index is 6.55. The number of nitrogens with zero attached hydrogens (tertiary/aromatic N) is 1. The van der Waals surface area contributed by atoms with Gasteiger partial charge in [0.2, 0.25) is 0 Å². The van der Waals surface area contributed by atoms with Crippen molar-refractivity contribution >= 4 is 17.2 Å². The van der Waals surface area contributed by atoms with E-state index < -0.39 is 0 Å². The molecular weight excluding hydrogens is 404 g/mol. The summed E-state index contributed by atoms with van der Waals surface area (Å²) < 4.78 is 6.11. The summed E-state index contributed by atoms with van der Waals surface area (Å²) in [6.45, 7) is 4.73. The Morgan fingerprint density at radius 2 is 2.00 bits per heavy atom. The fourth-order valence-electron chi connectivity index (χ4n) is 4.02. The van der Waals surface area contributed by atoms with Crippen LogP contribution in [0, 0.1) is 0 Å². The topological polar surface area (TPSA) is 38.5 Å². The largest absolute Gasteiger partial charge is 0.490 e. The zero-order valence-electron chi connectivity index (χ0n) is 18.4. The fourth-order valence-corrected chi connectivity index (χ4v) is 4.20. The highest BCUT2D eigenvalue weighted by atomic mass is 35.5. The summed E-state index contributed by atoms with van der Waals surface area (Å²) >= 11 is 6.55. The minimum absolute atomic E-state index is 0.401. The van der Waals surface area contributed by atoms with Gasteiger partial charge in [0.15, 0.2) is 0 Å². The van der Waals surface area contributed by atoms with Crippen LogP contribution in [0.1, 0.15) is 61.6 Å². The van der Waals surface area contributed by atoms with E-state index in [0.717, 1.165) is 43.2 Å². The zero-order chi connectivity index (χ0) is 21.6. The molecule has 1 heterocycles. The Bertz CT molecular complexity index is 948. The smallest absolute Gasteiger partial charge is 0.127 e. The van der Waals surface area contributed by atoms with Crippen molar-refractivity contribution < 1.29 is 4.74 Å². The Kier molecular flexibility index (Phi) is 7.37.